The van der Waals surface area contributed by atoms with Crippen LogP contribution in [0.1, 0.15) is 21.1 Å². The molecule has 118 valence electrons. The first-order chi connectivity index (χ1) is 11.1. The summed E-state index contributed by atoms with van der Waals surface area (Å²) in [5, 5.41) is 14.4. The summed E-state index contributed by atoms with van der Waals surface area (Å²) in [5.74, 6) is 0.753. The summed E-state index contributed by atoms with van der Waals surface area (Å²) in [4.78, 5) is 17.6. The van der Waals surface area contributed by atoms with Crippen LogP contribution in [0.15, 0.2) is 30.5 Å². The minimum Gasteiger partial charge on any atom is -0.485 e. The lowest BCUT2D eigenvalue weighted by Gasteiger charge is -2.10. The molecule has 1 N–H and O–H groups in total. The summed E-state index contributed by atoms with van der Waals surface area (Å²) >= 11 is 1.42. The van der Waals surface area contributed by atoms with Gasteiger partial charge in [0.05, 0.1) is 5.56 Å². The van der Waals surface area contributed by atoms with E-state index in [4.69, 9.17) is 4.74 Å². The third-order valence-corrected chi connectivity index (χ3v) is 3.87. The lowest BCUT2D eigenvalue weighted by Crippen LogP contribution is -2.14. The van der Waals surface area contributed by atoms with Crippen molar-refractivity contribution in [2.75, 3.05) is 5.32 Å². The van der Waals surface area contributed by atoms with Gasteiger partial charge < -0.3 is 4.74 Å². The second-order valence-electron chi connectivity index (χ2n) is 4.73. The maximum absolute atomic E-state index is 12.4. The number of thiazole rings is 1. The van der Waals surface area contributed by atoms with Crippen LogP contribution in [0.4, 0.5) is 5.13 Å². The van der Waals surface area contributed by atoms with E-state index in [0.717, 1.165) is 4.88 Å². The standard InChI is InChI=1S/C14H14N6O2S/c1-9-7-15-14(23-9)16-13(21)10-5-3-4-6-11(10)22-8-12-17-18-19-20(12)2/h3-7H,8H2,1-2H3,(H,15,16,21). The molecule has 0 radical (unpaired) electrons. The predicted octanol–water partition coefficient (Wildman–Crippen LogP) is 1.81. The lowest BCUT2D eigenvalue weighted by molar-refractivity contribution is 0.102. The van der Waals surface area contributed by atoms with Gasteiger partial charge in [-0.1, -0.05) is 12.1 Å². The number of benzene rings is 1. The van der Waals surface area contributed by atoms with Crippen LogP contribution in [0.25, 0.3) is 0 Å². The third-order valence-electron chi connectivity index (χ3n) is 3.04. The molecule has 0 aliphatic heterocycles. The number of hydrogen-bond donors (Lipinski definition) is 1. The summed E-state index contributed by atoms with van der Waals surface area (Å²) < 4.78 is 7.20. The minimum atomic E-state index is -0.272. The zero-order valence-electron chi connectivity index (χ0n) is 12.6. The Morgan fingerprint density at radius 3 is 2.91 bits per heavy atom. The summed E-state index contributed by atoms with van der Waals surface area (Å²) in [5.41, 5.74) is 0.426. The van der Waals surface area contributed by atoms with E-state index < -0.39 is 0 Å². The summed E-state index contributed by atoms with van der Waals surface area (Å²) in [7, 11) is 1.72. The average molecular weight is 330 g/mol. The molecule has 0 bridgehead atoms. The van der Waals surface area contributed by atoms with Crippen LogP contribution >= 0.6 is 11.3 Å². The van der Waals surface area contributed by atoms with Gasteiger partial charge in [0.1, 0.15) is 12.4 Å². The molecule has 3 aromatic rings. The van der Waals surface area contributed by atoms with Crippen molar-refractivity contribution in [3.8, 4) is 5.75 Å². The zero-order valence-corrected chi connectivity index (χ0v) is 13.4. The number of ether oxygens (including phenoxy) is 1. The van der Waals surface area contributed by atoms with Gasteiger partial charge in [-0.15, -0.1) is 16.4 Å². The maximum atomic E-state index is 12.4. The Kier molecular flexibility index (Phi) is 4.29. The van der Waals surface area contributed by atoms with Crippen LogP contribution in [0, 0.1) is 6.92 Å². The Morgan fingerprint density at radius 1 is 1.39 bits per heavy atom. The summed E-state index contributed by atoms with van der Waals surface area (Å²) in [6, 6.07) is 7.00. The number of carbonyl (C=O) groups excluding carboxylic acids is 1. The number of anilines is 1. The second kappa shape index (κ2) is 6.53. The highest BCUT2D eigenvalue weighted by molar-refractivity contribution is 7.15. The van der Waals surface area contributed by atoms with Crippen LogP contribution in [0.3, 0.4) is 0 Å². The van der Waals surface area contributed by atoms with Gasteiger partial charge in [0, 0.05) is 18.1 Å². The van der Waals surface area contributed by atoms with Gasteiger partial charge in [-0.3, -0.25) is 10.1 Å². The largest absolute Gasteiger partial charge is 0.485 e. The Labute approximate surface area is 136 Å². The van der Waals surface area contributed by atoms with Crippen LogP contribution in [0.2, 0.25) is 0 Å². The average Bonchev–Trinajstić information content (AvgIpc) is 3.14. The van der Waals surface area contributed by atoms with Gasteiger partial charge in [0.15, 0.2) is 11.0 Å². The van der Waals surface area contributed by atoms with Crippen molar-refractivity contribution in [2.45, 2.75) is 13.5 Å². The molecule has 2 aromatic heterocycles. The molecular formula is C14H14N6O2S. The quantitative estimate of drug-likeness (QED) is 0.766. The second-order valence-corrected chi connectivity index (χ2v) is 5.97. The van der Waals surface area contributed by atoms with Crippen molar-refractivity contribution in [1.82, 2.24) is 25.2 Å². The van der Waals surface area contributed by atoms with Gasteiger partial charge in [0.2, 0.25) is 0 Å². The maximum Gasteiger partial charge on any atom is 0.261 e. The van der Waals surface area contributed by atoms with E-state index >= 15 is 0 Å². The number of aromatic nitrogens is 5. The number of aryl methyl sites for hydroxylation is 2. The molecular weight excluding hydrogens is 316 g/mol. The molecule has 0 saturated heterocycles. The number of hydrogen-bond acceptors (Lipinski definition) is 7. The van der Waals surface area contributed by atoms with Crippen molar-refractivity contribution in [3.63, 3.8) is 0 Å². The van der Waals surface area contributed by atoms with E-state index in [1.54, 1.807) is 37.5 Å². The van der Waals surface area contributed by atoms with Crippen molar-refractivity contribution in [3.05, 3.63) is 46.7 Å². The third kappa shape index (κ3) is 3.51. The normalized spacial score (nSPS) is 10.5. The topological polar surface area (TPSA) is 94.8 Å². The first-order valence-electron chi connectivity index (χ1n) is 6.80. The molecule has 1 amide bonds. The Balaban J connectivity index is 1.74. The minimum absolute atomic E-state index is 0.171. The van der Waals surface area contributed by atoms with Gasteiger partial charge in [-0.25, -0.2) is 9.67 Å². The molecule has 8 nitrogen and oxygen atoms in total. The molecule has 0 fully saturated rings. The molecule has 0 aliphatic rings. The van der Waals surface area contributed by atoms with Gasteiger partial charge in [0.25, 0.3) is 5.91 Å². The molecule has 9 heteroatoms. The fourth-order valence-corrected chi connectivity index (χ4v) is 2.53. The highest BCUT2D eigenvalue weighted by Gasteiger charge is 2.14. The fourth-order valence-electron chi connectivity index (χ4n) is 1.87. The number of nitrogens with zero attached hydrogens (tertiary/aromatic N) is 5. The SMILES string of the molecule is Cc1cnc(NC(=O)c2ccccc2OCc2nnnn2C)s1. The van der Waals surface area contributed by atoms with Crippen molar-refractivity contribution in [2.24, 2.45) is 7.05 Å². The molecule has 0 spiro atoms. The first kappa shape index (κ1) is 15.1. The molecule has 1 aromatic carbocycles. The molecule has 3 rings (SSSR count). The summed E-state index contributed by atoms with van der Waals surface area (Å²) in [6.07, 6.45) is 1.71. The Morgan fingerprint density at radius 2 is 2.22 bits per heavy atom. The van der Waals surface area contributed by atoms with Crippen molar-refractivity contribution < 1.29 is 9.53 Å². The van der Waals surface area contributed by atoms with Crippen LogP contribution < -0.4 is 10.1 Å². The number of amides is 1. The van der Waals surface area contributed by atoms with E-state index in [9.17, 15) is 4.79 Å². The zero-order chi connectivity index (χ0) is 16.2. The van der Waals surface area contributed by atoms with E-state index in [1.807, 2.05) is 6.92 Å². The molecule has 2 heterocycles. The van der Waals surface area contributed by atoms with E-state index in [1.165, 1.54) is 16.0 Å². The van der Waals surface area contributed by atoms with Crippen LogP contribution in [-0.2, 0) is 13.7 Å². The summed E-state index contributed by atoms with van der Waals surface area (Å²) in [6.45, 7) is 2.10. The first-order valence-corrected chi connectivity index (χ1v) is 7.62. The Hall–Kier alpha value is -2.81. The number of tetrazole rings is 1. The molecule has 0 saturated carbocycles. The monoisotopic (exact) mass is 330 g/mol. The number of carbonyl (C=O) groups is 1. The highest BCUT2D eigenvalue weighted by Crippen LogP contribution is 2.22. The lowest BCUT2D eigenvalue weighted by atomic mass is 10.2. The number of rotatable bonds is 5. The highest BCUT2D eigenvalue weighted by atomic mass is 32.1. The van der Waals surface area contributed by atoms with Crippen molar-refractivity contribution >= 4 is 22.4 Å². The number of nitrogens with one attached hydrogen (secondary N) is 1. The molecule has 0 unspecified atom stereocenters. The van der Waals surface area contributed by atoms with Gasteiger partial charge in [-0.05, 0) is 29.5 Å². The van der Waals surface area contributed by atoms with Gasteiger partial charge >= 0.3 is 0 Å². The molecule has 0 atom stereocenters. The van der Waals surface area contributed by atoms with Crippen LogP contribution in [-0.4, -0.2) is 31.1 Å². The molecule has 23 heavy (non-hydrogen) atoms. The van der Waals surface area contributed by atoms with E-state index in [0.29, 0.717) is 22.3 Å². The van der Waals surface area contributed by atoms with Gasteiger partial charge in [-0.2, -0.15) is 0 Å². The fraction of sp³-hybridized carbons (Fsp3) is 0.214. The van der Waals surface area contributed by atoms with Crippen molar-refractivity contribution in [1.29, 1.82) is 0 Å². The predicted molar refractivity (Wildman–Crippen MR) is 84.4 cm³/mol. The molecule has 0 aliphatic carbocycles. The van der Waals surface area contributed by atoms with E-state index in [2.05, 4.69) is 25.8 Å². The van der Waals surface area contributed by atoms with E-state index in [-0.39, 0.29) is 12.5 Å². The Bertz CT molecular complexity index is 828. The van der Waals surface area contributed by atoms with Crippen LogP contribution in [0.5, 0.6) is 5.75 Å². The number of para-hydroxylation sites is 1. The smallest absolute Gasteiger partial charge is 0.261 e.